The van der Waals surface area contributed by atoms with Crippen LogP contribution in [0.1, 0.15) is 40.0 Å². The predicted octanol–water partition coefficient (Wildman–Crippen LogP) is 4.47. The monoisotopic (exact) mass is 362 g/mol. The number of pyridine rings is 1. The number of anilines is 1. The second kappa shape index (κ2) is 8.80. The van der Waals surface area contributed by atoms with E-state index in [4.69, 9.17) is 10.1 Å². The second-order valence-electron chi connectivity index (χ2n) is 7.06. The second-order valence-corrected chi connectivity index (χ2v) is 7.92. The molecule has 25 heavy (non-hydrogen) atoms. The average molecular weight is 362 g/mol. The molecule has 0 saturated carbocycles. The van der Waals surface area contributed by atoms with Crippen molar-refractivity contribution in [2.75, 3.05) is 11.9 Å². The van der Waals surface area contributed by atoms with Gasteiger partial charge in [0.05, 0.1) is 5.69 Å². The molecule has 0 bridgehead atoms. The smallest absolute Gasteiger partial charge is 0.404 e. The summed E-state index contributed by atoms with van der Waals surface area (Å²) in [6, 6.07) is 4.18. The molecule has 0 radical (unpaired) electrons. The summed E-state index contributed by atoms with van der Waals surface area (Å²) in [5.41, 5.74) is 2.10. The number of nitrogens with one attached hydrogen (secondary N) is 2. The molecule has 0 fully saturated rings. The molecule has 0 aliphatic heterocycles. The van der Waals surface area contributed by atoms with E-state index in [9.17, 15) is 4.79 Å². The minimum atomic E-state index is -0.961. The molecule has 0 aromatic carbocycles. The first kappa shape index (κ1) is 19.2. The lowest BCUT2D eigenvalue weighted by Crippen LogP contribution is -2.34. The van der Waals surface area contributed by atoms with Gasteiger partial charge in [-0.2, -0.15) is 0 Å². The summed E-state index contributed by atoms with van der Waals surface area (Å²) in [4.78, 5) is 19.2. The summed E-state index contributed by atoms with van der Waals surface area (Å²) in [5.74, 6) is 0. The van der Waals surface area contributed by atoms with Crippen molar-refractivity contribution in [3.05, 3.63) is 29.9 Å². The predicted molar refractivity (Wildman–Crippen MR) is 102 cm³/mol. The van der Waals surface area contributed by atoms with Gasteiger partial charge in [-0.25, -0.2) is 9.78 Å². The topological polar surface area (TPSA) is 87.1 Å². The fourth-order valence-electron chi connectivity index (χ4n) is 2.53. The summed E-state index contributed by atoms with van der Waals surface area (Å²) in [6.07, 6.45) is 5.33. The molecule has 2 rings (SSSR count). The summed E-state index contributed by atoms with van der Waals surface area (Å²) in [7, 11) is 0. The molecule has 0 aliphatic rings. The van der Waals surface area contributed by atoms with E-state index >= 15 is 0 Å². The van der Waals surface area contributed by atoms with E-state index < -0.39 is 6.09 Å². The Kier molecular flexibility index (Phi) is 6.75. The average Bonchev–Trinajstić information content (AvgIpc) is 3.02. The zero-order chi connectivity index (χ0) is 18.3. The Morgan fingerprint density at radius 1 is 1.28 bits per heavy atom. The Morgan fingerprint density at radius 3 is 2.64 bits per heavy atom. The van der Waals surface area contributed by atoms with Crippen molar-refractivity contribution in [3.8, 4) is 11.3 Å². The van der Waals surface area contributed by atoms with Gasteiger partial charge in [-0.3, -0.25) is 4.98 Å². The summed E-state index contributed by atoms with van der Waals surface area (Å²) in [6.45, 7) is 7.11. The Hall–Kier alpha value is -2.15. The van der Waals surface area contributed by atoms with Crippen LogP contribution >= 0.6 is 11.3 Å². The van der Waals surface area contributed by atoms with Crippen LogP contribution in [-0.4, -0.2) is 33.8 Å². The number of unbranched alkanes of at least 4 members (excludes halogenated alkanes) is 1. The minimum absolute atomic E-state index is 0.0860. The standard InChI is InChI=1S/C18H26N4O2S/c1-18(2,3)15(6-4-5-9-20-17(23)24)22-16-21-14(12-25-16)13-7-10-19-11-8-13/h7-8,10-12,15,20H,4-6,9H2,1-3H3,(H,21,22)(H,23,24). The number of nitrogens with zero attached hydrogens (tertiary/aromatic N) is 2. The van der Waals surface area contributed by atoms with Crippen LogP contribution in [-0.2, 0) is 0 Å². The van der Waals surface area contributed by atoms with Gasteiger partial charge in [-0.1, -0.05) is 20.8 Å². The molecule has 0 aliphatic carbocycles. The van der Waals surface area contributed by atoms with Crippen LogP contribution in [0.4, 0.5) is 9.93 Å². The van der Waals surface area contributed by atoms with Gasteiger partial charge in [0.15, 0.2) is 5.13 Å². The third-order valence-corrected chi connectivity index (χ3v) is 4.79. The van der Waals surface area contributed by atoms with Gasteiger partial charge in [-0.05, 0) is 36.8 Å². The van der Waals surface area contributed by atoms with E-state index in [1.165, 1.54) is 0 Å². The molecule has 1 amide bonds. The molecule has 1 unspecified atom stereocenters. The van der Waals surface area contributed by atoms with E-state index in [0.717, 1.165) is 35.7 Å². The largest absolute Gasteiger partial charge is 0.465 e. The first-order valence-electron chi connectivity index (χ1n) is 8.45. The molecule has 2 aromatic rings. The Morgan fingerprint density at radius 2 is 2.00 bits per heavy atom. The third kappa shape index (κ3) is 6.34. The van der Waals surface area contributed by atoms with Crippen molar-refractivity contribution in [2.24, 2.45) is 5.41 Å². The lowest BCUT2D eigenvalue weighted by atomic mass is 9.84. The lowest BCUT2D eigenvalue weighted by Gasteiger charge is -2.31. The number of carbonyl (C=O) groups is 1. The van der Waals surface area contributed by atoms with Crippen LogP contribution in [0, 0.1) is 5.41 Å². The molecule has 1 atom stereocenters. The quantitative estimate of drug-likeness (QED) is 0.603. The van der Waals surface area contributed by atoms with Crippen molar-refractivity contribution >= 4 is 22.6 Å². The van der Waals surface area contributed by atoms with E-state index in [-0.39, 0.29) is 11.5 Å². The van der Waals surface area contributed by atoms with Crippen LogP contribution in [0.2, 0.25) is 0 Å². The maximum absolute atomic E-state index is 10.5. The lowest BCUT2D eigenvalue weighted by molar-refractivity contribution is 0.194. The van der Waals surface area contributed by atoms with Gasteiger partial charge >= 0.3 is 6.09 Å². The summed E-state index contributed by atoms with van der Waals surface area (Å²) < 4.78 is 0. The number of rotatable bonds is 8. The molecule has 6 nitrogen and oxygen atoms in total. The van der Waals surface area contributed by atoms with Gasteiger partial charge in [0.1, 0.15) is 0 Å². The van der Waals surface area contributed by atoms with Gasteiger partial charge in [0.25, 0.3) is 0 Å². The highest BCUT2D eigenvalue weighted by Gasteiger charge is 2.25. The molecule has 3 N–H and O–H groups in total. The number of thiazole rings is 1. The maximum Gasteiger partial charge on any atom is 0.404 e. The highest BCUT2D eigenvalue weighted by molar-refractivity contribution is 7.14. The van der Waals surface area contributed by atoms with E-state index in [2.05, 4.69) is 36.4 Å². The fourth-order valence-corrected chi connectivity index (χ4v) is 3.31. The minimum Gasteiger partial charge on any atom is -0.465 e. The number of aromatic nitrogens is 2. The molecular formula is C18H26N4O2S. The van der Waals surface area contributed by atoms with E-state index in [0.29, 0.717) is 6.54 Å². The maximum atomic E-state index is 10.5. The zero-order valence-electron chi connectivity index (χ0n) is 15.0. The first-order chi connectivity index (χ1) is 11.9. The Labute approximate surface area is 152 Å². The van der Waals surface area contributed by atoms with Crippen LogP contribution in [0.15, 0.2) is 29.9 Å². The van der Waals surface area contributed by atoms with Gasteiger partial charge in [0, 0.05) is 35.9 Å². The number of hydrogen-bond acceptors (Lipinski definition) is 5. The molecule has 136 valence electrons. The summed E-state index contributed by atoms with van der Waals surface area (Å²) >= 11 is 1.60. The Balaban J connectivity index is 1.93. The van der Waals surface area contributed by atoms with Crippen molar-refractivity contribution in [1.29, 1.82) is 0 Å². The van der Waals surface area contributed by atoms with Gasteiger partial charge < -0.3 is 15.7 Å². The van der Waals surface area contributed by atoms with Crippen LogP contribution in [0.5, 0.6) is 0 Å². The number of carboxylic acid groups (broad SMARTS) is 1. The van der Waals surface area contributed by atoms with Gasteiger partial charge in [0.2, 0.25) is 0 Å². The van der Waals surface area contributed by atoms with Crippen LogP contribution in [0.3, 0.4) is 0 Å². The molecule has 0 saturated heterocycles. The Bertz CT molecular complexity index is 667. The van der Waals surface area contributed by atoms with Crippen molar-refractivity contribution in [2.45, 2.75) is 46.1 Å². The number of hydrogen-bond donors (Lipinski definition) is 3. The van der Waals surface area contributed by atoms with Crippen molar-refractivity contribution in [1.82, 2.24) is 15.3 Å². The number of amides is 1. The SMILES string of the molecule is CC(C)(C)C(CCCCNC(=O)O)Nc1nc(-c2ccncc2)cs1. The first-order valence-corrected chi connectivity index (χ1v) is 9.33. The summed E-state index contributed by atoms with van der Waals surface area (Å²) in [5, 5.41) is 17.5. The molecule has 2 aromatic heterocycles. The van der Waals surface area contributed by atoms with E-state index in [1.54, 1.807) is 23.7 Å². The molecule has 2 heterocycles. The van der Waals surface area contributed by atoms with E-state index in [1.807, 2.05) is 17.5 Å². The normalized spacial score (nSPS) is 12.6. The molecule has 7 heteroatoms. The highest BCUT2D eigenvalue weighted by atomic mass is 32.1. The molecular weight excluding hydrogens is 336 g/mol. The molecule has 0 spiro atoms. The van der Waals surface area contributed by atoms with Gasteiger partial charge in [-0.15, -0.1) is 11.3 Å². The van der Waals surface area contributed by atoms with Crippen molar-refractivity contribution < 1.29 is 9.90 Å². The highest BCUT2D eigenvalue weighted by Crippen LogP contribution is 2.30. The van der Waals surface area contributed by atoms with Crippen LogP contribution < -0.4 is 10.6 Å². The van der Waals surface area contributed by atoms with Crippen LogP contribution in [0.25, 0.3) is 11.3 Å². The fraction of sp³-hybridized carbons (Fsp3) is 0.500. The van der Waals surface area contributed by atoms with Crippen molar-refractivity contribution in [3.63, 3.8) is 0 Å². The third-order valence-electron chi connectivity index (χ3n) is 4.02. The zero-order valence-corrected chi connectivity index (χ0v) is 15.8.